The van der Waals surface area contributed by atoms with Gasteiger partial charge in [0.05, 0.1) is 18.3 Å². The van der Waals surface area contributed by atoms with Crippen molar-refractivity contribution in [1.29, 1.82) is 0 Å². The van der Waals surface area contributed by atoms with Crippen molar-refractivity contribution in [2.24, 2.45) is 5.10 Å². The van der Waals surface area contributed by atoms with Crippen LogP contribution in [0.15, 0.2) is 47.6 Å². The van der Waals surface area contributed by atoms with Crippen LogP contribution in [-0.2, 0) is 4.79 Å². The Morgan fingerprint density at radius 2 is 1.96 bits per heavy atom. The maximum Gasteiger partial charge on any atom is 0.259 e. The third kappa shape index (κ3) is 4.11. The number of hydrazone groups is 1. The molecule has 2 N–H and O–H groups in total. The SMILES string of the molecule is O=C(CNC(=O)c1ccccc1F)NN=Cc1ccc2c(c1)OCO2. The Labute approximate surface area is 142 Å². The second-order valence-corrected chi connectivity index (χ2v) is 5.07. The molecule has 7 nitrogen and oxygen atoms in total. The molecule has 2 aromatic carbocycles. The van der Waals surface area contributed by atoms with Gasteiger partial charge in [-0.3, -0.25) is 9.59 Å². The highest BCUT2D eigenvalue weighted by atomic mass is 19.1. The lowest BCUT2D eigenvalue weighted by atomic mass is 10.2. The van der Waals surface area contributed by atoms with Gasteiger partial charge in [0.25, 0.3) is 11.8 Å². The maximum atomic E-state index is 13.4. The van der Waals surface area contributed by atoms with Gasteiger partial charge in [-0.2, -0.15) is 5.10 Å². The molecule has 1 aliphatic rings. The third-order valence-corrected chi connectivity index (χ3v) is 3.33. The second-order valence-electron chi connectivity index (χ2n) is 5.07. The molecule has 0 saturated heterocycles. The van der Waals surface area contributed by atoms with Gasteiger partial charge in [0.2, 0.25) is 6.79 Å². The first kappa shape index (κ1) is 16.4. The molecular weight excluding hydrogens is 329 g/mol. The monoisotopic (exact) mass is 343 g/mol. The number of halogens is 1. The number of ether oxygens (including phenoxy) is 2. The van der Waals surface area contributed by atoms with E-state index in [1.165, 1.54) is 30.5 Å². The van der Waals surface area contributed by atoms with E-state index in [1.807, 2.05) is 0 Å². The number of fused-ring (bicyclic) bond motifs is 1. The Bertz CT molecular complexity index is 838. The van der Waals surface area contributed by atoms with Crippen LogP contribution in [0.4, 0.5) is 4.39 Å². The summed E-state index contributed by atoms with van der Waals surface area (Å²) in [5.74, 6) is -0.611. The molecule has 128 valence electrons. The highest BCUT2D eigenvalue weighted by Crippen LogP contribution is 2.31. The van der Waals surface area contributed by atoms with Gasteiger partial charge in [-0.15, -0.1) is 0 Å². The summed E-state index contributed by atoms with van der Waals surface area (Å²) in [4.78, 5) is 23.4. The van der Waals surface area contributed by atoms with Crippen molar-refractivity contribution < 1.29 is 23.5 Å². The van der Waals surface area contributed by atoms with Gasteiger partial charge >= 0.3 is 0 Å². The van der Waals surface area contributed by atoms with Crippen LogP contribution in [0.3, 0.4) is 0 Å². The summed E-state index contributed by atoms with van der Waals surface area (Å²) in [5, 5.41) is 6.11. The summed E-state index contributed by atoms with van der Waals surface area (Å²) in [6.07, 6.45) is 1.43. The molecular formula is C17H14FN3O4. The molecule has 0 aliphatic carbocycles. The molecule has 2 amide bonds. The fraction of sp³-hybridized carbons (Fsp3) is 0.118. The number of amides is 2. The van der Waals surface area contributed by atoms with E-state index in [0.717, 1.165) is 0 Å². The van der Waals surface area contributed by atoms with E-state index in [1.54, 1.807) is 18.2 Å². The van der Waals surface area contributed by atoms with Crippen molar-refractivity contribution in [1.82, 2.24) is 10.7 Å². The topological polar surface area (TPSA) is 89.0 Å². The molecule has 25 heavy (non-hydrogen) atoms. The van der Waals surface area contributed by atoms with E-state index in [4.69, 9.17) is 9.47 Å². The number of carbonyl (C=O) groups is 2. The van der Waals surface area contributed by atoms with E-state index >= 15 is 0 Å². The van der Waals surface area contributed by atoms with E-state index in [0.29, 0.717) is 17.1 Å². The summed E-state index contributed by atoms with van der Waals surface area (Å²) >= 11 is 0. The van der Waals surface area contributed by atoms with Crippen molar-refractivity contribution in [3.05, 3.63) is 59.4 Å². The quantitative estimate of drug-likeness (QED) is 0.635. The number of hydrogen-bond acceptors (Lipinski definition) is 5. The van der Waals surface area contributed by atoms with Crippen molar-refractivity contribution in [3.63, 3.8) is 0 Å². The zero-order valence-electron chi connectivity index (χ0n) is 13.0. The molecule has 0 radical (unpaired) electrons. The van der Waals surface area contributed by atoms with Crippen LogP contribution in [-0.4, -0.2) is 31.4 Å². The fourth-order valence-electron chi connectivity index (χ4n) is 2.11. The van der Waals surface area contributed by atoms with Gasteiger partial charge in [0, 0.05) is 0 Å². The summed E-state index contributed by atoms with van der Waals surface area (Å²) in [7, 11) is 0. The van der Waals surface area contributed by atoms with Crippen LogP contribution in [0.5, 0.6) is 11.5 Å². The predicted octanol–water partition coefficient (Wildman–Crippen LogP) is 1.43. The smallest absolute Gasteiger partial charge is 0.259 e. The highest BCUT2D eigenvalue weighted by molar-refractivity contribution is 5.96. The number of benzene rings is 2. The number of rotatable bonds is 5. The lowest BCUT2D eigenvalue weighted by Crippen LogP contribution is -2.35. The van der Waals surface area contributed by atoms with Crippen LogP contribution < -0.4 is 20.2 Å². The molecule has 0 unspecified atom stereocenters. The normalized spacial score (nSPS) is 12.2. The largest absolute Gasteiger partial charge is 0.454 e. The summed E-state index contributed by atoms with van der Waals surface area (Å²) in [5.41, 5.74) is 2.85. The first-order valence-electron chi connectivity index (χ1n) is 7.38. The Morgan fingerprint density at radius 3 is 2.80 bits per heavy atom. The average molecular weight is 343 g/mol. The Balaban J connectivity index is 1.48. The van der Waals surface area contributed by atoms with Gasteiger partial charge in [-0.25, -0.2) is 9.82 Å². The zero-order chi connectivity index (χ0) is 17.6. The number of carbonyl (C=O) groups excluding carboxylic acids is 2. The number of nitrogens with one attached hydrogen (secondary N) is 2. The van der Waals surface area contributed by atoms with Crippen LogP contribution in [0.1, 0.15) is 15.9 Å². The van der Waals surface area contributed by atoms with Crippen molar-refractivity contribution in [2.75, 3.05) is 13.3 Å². The van der Waals surface area contributed by atoms with Crippen molar-refractivity contribution in [2.45, 2.75) is 0 Å². The zero-order valence-corrected chi connectivity index (χ0v) is 13.0. The molecule has 0 spiro atoms. The first-order valence-corrected chi connectivity index (χ1v) is 7.38. The predicted molar refractivity (Wildman–Crippen MR) is 87.0 cm³/mol. The molecule has 0 aromatic heterocycles. The molecule has 2 aromatic rings. The van der Waals surface area contributed by atoms with E-state index in [2.05, 4.69) is 15.8 Å². The van der Waals surface area contributed by atoms with E-state index in [9.17, 15) is 14.0 Å². The van der Waals surface area contributed by atoms with Crippen LogP contribution in [0.2, 0.25) is 0 Å². The Kier molecular flexibility index (Phi) is 4.89. The fourth-order valence-corrected chi connectivity index (χ4v) is 2.11. The minimum atomic E-state index is -0.673. The lowest BCUT2D eigenvalue weighted by Gasteiger charge is -2.05. The van der Waals surface area contributed by atoms with Crippen LogP contribution in [0, 0.1) is 5.82 Å². The van der Waals surface area contributed by atoms with Crippen LogP contribution >= 0.6 is 0 Å². The highest BCUT2D eigenvalue weighted by Gasteiger charge is 2.13. The van der Waals surface area contributed by atoms with E-state index < -0.39 is 17.6 Å². The Hall–Kier alpha value is -3.42. The van der Waals surface area contributed by atoms with Gasteiger partial charge in [0.15, 0.2) is 11.5 Å². The molecule has 8 heteroatoms. The van der Waals surface area contributed by atoms with Crippen LogP contribution in [0.25, 0.3) is 0 Å². The second kappa shape index (κ2) is 7.43. The number of hydrogen-bond donors (Lipinski definition) is 2. The molecule has 1 heterocycles. The summed E-state index contributed by atoms with van der Waals surface area (Å²) in [6.45, 7) is -0.153. The third-order valence-electron chi connectivity index (χ3n) is 3.33. The molecule has 1 aliphatic heterocycles. The van der Waals surface area contributed by atoms with Gasteiger partial charge < -0.3 is 14.8 Å². The minimum absolute atomic E-state index is 0.126. The van der Waals surface area contributed by atoms with Gasteiger partial charge in [-0.05, 0) is 35.9 Å². The summed E-state index contributed by atoms with van der Waals surface area (Å²) in [6, 6.07) is 10.7. The molecule has 0 atom stereocenters. The standard InChI is InChI=1S/C17H14FN3O4/c18-13-4-2-1-3-12(13)17(23)19-9-16(22)21-20-8-11-5-6-14-15(7-11)25-10-24-14/h1-8H,9-10H2,(H,19,23)(H,21,22). The molecule has 0 fully saturated rings. The molecule has 0 saturated carbocycles. The minimum Gasteiger partial charge on any atom is -0.454 e. The first-order chi connectivity index (χ1) is 12.1. The average Bonchev–Trinajstić information content (AvgIpc) is 3.08. The Morgan fingerprint density at radius 1 is 1.16 bits per heavy atom. The van der Waals surface area contributed by atoms with Crippen molar-refractivity contribution in [3.8, 4) is 11.5 Å². The summed E-state index contributed by atoms with van der Waals surface area (Å²) < 4.78 is 23.9. The molecule has 3 rings (SSSR count). The maximum absolute atomic E-state index is 13.4. The van der Waals surface area contributed by atoms with Gasteiger partial charge in [-0.1, -0.05) is 12.1 Å². The van der Waals surface area contributed by atoms with Gasteiger partial charge in [0.1, 0.15) is 5.82 Å². The lowest BCUT2D eigenvalue weighted by molar-refractivity contribution is -0.120. The van der Waals surface area contributed by atoms with E-state index in [-0.39, 0.29) is 18.9 Å². The van der Waals surface area contributed by atoms with Crippen molar-refractivity contribution >= 4 is 18.0 Å². The molecule has 0 bridgehead atoms. The number of nitrogens with zero attached hydrogens (tertiary/aromatic N) is 1.